The Balaban J connectivity index is 2.04. The van der Waals surface area contributed by atoms with Gasteiger partial charge in [0.15, 0.2) is 0 Å². The van der Waals surface area contributed by atoms with Gasteiger partial charge in [-0.2, -0.15) is 10.2 Å². The zero-order valence-corrected chi connectivity index (χ0v) is 11.9. The fourth-order valence-corrected chi connectivity index (χ4v) is 2.51. The SMILES string of the molecule is CCc1cc(Cn2nc(CN)c3ccccc32)n(C)n1. The maximum atomic E-state index is 5.78. The topological polar surface area (TPSA) is 61.7 Å². The average molecular weight is 269 g/mol. The second-order valence-electron chi connectivity index (χ2n) is 4.93. The fourth-order valence-electron chi connectivity index (χ4n) is 2.51. The monoisotopic (exact) mass is 269 g/mol. The summed E-state index contributed by atoms with van der Waals surface area (Å²) >= 11 is 0. The molecule has 0 saturated heterocycles. The summed E-state index contributed by atoms with van der Waals surface area (Å²) < 4.78 is 3.94. The molecule has 5 heteroatoms. The first-order valence-electron chi connectivity index (χ1n) is 6.89. The average Bonchev–Trinajstić information content (AvgIpc) is 3.01. The maximum absolute atomic E-state index is 5.78. The Labute approximate surface area is 118 Å². The first kappa shape index (κ1) is 12.9. The standard InChI is InChI=1S/C15H19N5/c1-3-11-8-12(19(2)17-11)10-20-15-7-5-4-6-13(15)14(9-16)18-20/h4-8H,3,9-10,16H2,1-2H3. The number of nitrogens with zero attached hydrogens (tertiary/aromatic N) is 4. The number of hydrogen-bond donors (Lipinski definition) is 1. The van der Waals surface area contributed by atoms with Crippen molar-refractivity contribution < 1.29 is 0 Å². The van der Waals surface area contributed by atoms with E-state index in [2.05, 4.69) is 35.3 Å². The third kappa shape index (κ3) is 2.10. The van der Waals surface area contributed by atoms with Crippen LogP contribution < -0.4 is 5.73 Å². The van der Waals surface area contributed by atoms with Crippen LogP contribution in [0.3, 0.4) is 0 Å². The van der Waals surface area contributed by atoms with Crippen LogP contribution in [0, 0.1) is 0 Å². The summed E-state index contributed by atoms with van der Waals surface area (Å²) in [6, 6.07) is 10.3. The molecule has 2 heterocycles. The predicted octanol–water partition coefficient (Wildman–Crippen LogP) is 1.84. The lowest BCUT2D eigenvalue weighted by atomic mass is 10.2. The van der Waals surface area contributed by atoms with Crippen molar-refractivity contribution in [3.8, 4) is 0 Å². The molecule has 0 spiro atoms. The second-order valence-corrected chi connectivity index (χ2v) is 4.93. The van der Waals surface area contributed by atoms with Gasteiger partial charge in [-0.25, -0.2) is 0 Å². The molecule has 3 rings (SSSR count). The molecule has 2 aromatic heterocycles. The quantitative estimate of drug-likeness (QED) is 0.786. The second kappa shape index (κ2) is 5.09. The van der Waals surface area contributed by atoms with E-state index in [9.17, 15) is 0 Å². The highest BCUT2D eigenvalue weighted by molar-refractivity contribution is 5.81. The molecule has 0 fully saturated rings. The van der Waals surface area contributed by atoms with E-state index in [0.717, 1.165) is 34.4 Å². The van der Waals surface area contributed by atoms with Gasteiger partial charge in [-0.05, 0) is 18.6 Å². The summed E-state index contributed by atoms with van der Waals surface area (Å²) in [6.45, 7) is 3.28. The Kier molecular flexibility index (Phi) is 3.28. The van der Waals surface area contributed by atoms with Crippen LogP contribution in [0.1, 0.15) is 24.0 Å². The van der Waals surface area contributed by atoms with Crippen molar-refractivity contribution in [2.24, 2.45) is 12.8 Å². The summed E-state index contributed by atoms with van der Waals surface area (Å²) in [5, 5.41) is 10.2. The summed E-state index contributed by atoms with van der Waals surface area (Å²) in [4.78, 5) is 0. The van der Waals surface area contributed by atoms with Crippen molar-refractivity contribution in [3.63, 3.8) is 0 Å². The van der Waals surface area contributed by atoms with E-state index < -0.39 is 0 Å². The number of para-hydroxylation sites is 1. The van der Waals surface area contributed by atoms with Crippen molar-refractivity contribution in [1.29, 1.82) is 0 Å². The van der Waals surface area contributed by atoms with Gasteiger partial charge in [0, 0.05) is 19.0 Å². The van der Waals surface area contributed by atoms with Crippen molar-refractivity contribution in [1.82, 2.24) is 19.6 Å². The van der Waals surface area contributed by atoms with E-state index in [-0.39, 0.29) is 0 Å². The van der Waals surface area contributed by atoms with Gasteiger partial charge in [0.1, 0.15) is 0 Å². The largest absolute Gasteiger partial charge is 0.325 e. The molecule has 0 saturated carbocycles. The van der Waals surface area contributed by atoms with Crippen molar-refractivity contribution >= 4 is 10.9 Å². The van der Waals surface area contributed by atoms with Crippen LogP contribution in [0.2, 0.25) is 0 Å². The molecule has 1 aromatic carbocycles. The molecule has 0 aliphatic rings. The minimum Gasteiger partial charge on any atom is -0.325 e. The van der Waals surface area contributed by atoms with Gasteiger partial charge in [-0.3, -0.25) is 9.36 Å². The molecule has 5 nitrogen and oxygen atoms in total. The van der Waals surface area contributed by atoms with Gasteiger partial charge in [-0.15, -0.1) is 0 Å². The molecule has 0 radical (unpaired) electrons. The van der Waals surface area contributed by atoms with E-state index in [4.69, 9.17) is 5.73 Å². The maximum Gasteiger partial charge on any atom is 0.0839 e. The predicted molar refractivity (Wildman–Crippen MR) is 79.3 cm³/mol. The number of nitrogens with two attached hydrogens (primary N) is 1. The van der Waals surface area contributed by atoms with Crippen LogP contribution >= 0.6 is 0 Å². The van der Waals surface area contributed by atoms with Gasteiger partial charge in [-0.1, -0.05) is 25.1 Å². The molecule has 0 aliphatic carbocycles. The lowest BCUT2D eigenvalue weighted by Gasteiger charge is -2.03. The number of rotatable bonds is 4. The van der Waals surface area contributed by atoms with Gasteiger partial charge in [0.2, 0.25) is 0 Å². The van der Waals surface area contributed by atoms with E-state index in [1.54, 1.807) is 0 Å². The minimum atomic E-state index is 0.457. The van der Waals surface area contributed by atoms with Crippen molar-refractivity contribution in [3.05, 3.63) is 47.4 Å². The van der Waals surface area contributed by atoms with Gasteiger partial charge in [0.25, 0.3) is 0 Å². The highest BCUT2D eigenvalue weighted by atomic mass is 15.3. The number of aryl methyl sites for hydroxylation is 2. The van der Waals surface area contributed by atoms with E-state index in [1.807, 2.05) is 28.5 Å². The lowest BCUT2D eigenvalue weighted by molar-refractivity contribution is 0.624. The molecule has 0 bridgehead atoms. The number of hydrogen-bond acceptors (Lipinski definition) is 3. The van der Waals surface area contributed by atoms with Gasteiger partial charge < -0.3 is 5.73 Å². The Morgan fingerprint density at radius 3 is 2.70 bits per heavy atom. The summed E-state index contributed by atoms with van der Waals surface area (Å²) in [5.74, 6) is 0. The Morgan fingerprint density at radius 1 is 1.20 bits per heavy atom. The van der Waals surface area contributed by atoms with Gasteiger partial charge >= 0.3 is 0 Å². The Bertz CT molecular complexity index is 738. The zero-order valence-electron chi connectivity index (χ0n) is 11.9. The first-order valence-corrected chi connectivity index (χ1v) is 6.89. The highest BCUT2D eigenvalue weighted by Gasteiger charge is 2.11. The summed E-state index contributed by atoms with van der Waals surface area (Å²) in [7, 11) is 1.98. The molecule has 20 heavy (non-hydrogen) atoms. The third-order valence-corrected chi connectivity index (χ3v) is 3.63. The van der Waals surface area contributed by atoms with Crippen LogP contribution in [0.25, 0.3) is 10.9 Å². The molecule has 0 aliphatic heterocycles. The highest BCUT2D eigenvalue weighted by Crippen LogP contribution is 2.19. The van der Waals surface area contributed by atoms with Gasteiger partial charge in [0.05, 0.1) is 29.1 Å². The molecule has 2 N–H and O–H groups in total. The molecule has 0 atom stereocenters. The summed E-state index contributed by atoms with van der Waals surface area (Å²) in [5.41, 5.74) is 10.1. The lowest BCUT2D eigenvalue weighted by Crippen LogP contribution is -2.07. The molecule has 3 aromatic rings. The number of benzene rings is 1. The van der Waals surface area contributed by atoms with Crippen LogP contribution in [-0.4, -0.2) is 19.6 Å². The molecule has 0 amide bonds. The van der Waals surface area contributed by atoms with Crippen molar-refractivity contribution in [2.45, 2.75) is 26.4 Å². The van der Waals surface area contributed by atoms with Crippen molar-refractivity contribution in [2.75, 3.05) is 0 Å². The first-order chi connectivity index (χ1) is 9.72. The minimum absolute atomic E-state index is 0.457. The number of fused-ring (bicyclic) bond motifs is 1. The smallest absolute Gasteiger partial charge is 0.0839 e. The Hall–Kier alpha value is -2.14. The normalized spacial score (nSPS) is 11.3. The molecule has 104 valence electrons. The van der Waals surface area contributed by atoms with E-state index in [0.29, 0.717) is 13.1 Å². The molecular formula is C15H19N5. The van der Waals surface area contributed by atoms with E-state index in [1.165, 1.54) is 0 Å². The zero-order chi connectivity index (χ0) is 14.1. The van der Waals surface area contributed by atoms with Crippen LogP contribution in [0.5, 0.6) is 0 Å². The van der Waals surface area contributed by atoms with Crippen LogP contribution in [0.15, 0.2) is 30.3 Å². The molecule has 0 unspecified atom stereocenters. The van der Waals surface area contributed by atoms with E-state index >= 15 is 0 Å². The summed E-state index contributed by atoms with van der Waals surface area (Å²) in [6.07, 6.45) is 0.946. The fraction of sp³-hybridized carbons (Fsp3) is 0.333. The van der Waals surface area contributed by atoms with Crippen LogP contribution in [-0.2, 0) is 26.6 Å². The Morgan fingerprint density at radius 2 is 2.00 bits per heavy atom. The molecular weight excluding hydrogens is 250 g/mol. The third-order valence-electron chi connectivity index (χ3n) is 3.63. The van der Waals surface area contributed by atoms with Crippen LogP contribution in [0.4, 0.5) is 0 Å². The number of aromatic nitrogens is 4.